The number of aliphatic hydroxyl groups is 1. The van der Waals surface area contributed by atoms with Gasteiger partial charge in [-0.1, -0.05) is 54.1 Å². The minimum Gasteiger partial charge on any atom is -0.391 e. The molecule has 0 radical (unpaired) electrons. The van der Waals surface area contributed by atoms with Crippen LogP contribution in [0.2, 0.25) is 5.02 Å². The third kappa shape index (κ3) is 3.83. The third-order valence-corrected chi connectivity index (χ3v) is 3.54. The molecule has 0 aromatic heterocycles. The van der Waals surface area contributed by atoms with E-state index in [0.29, 0.717) is 11.6 Å². The van der Waals surface area contributed by atoms with Crippen molar-refractivity contribution < 1.29 is 5.11 Å². The van der Waals surface area contributed by atoms with Gasteiger partial charge in [-0.2, -0.15) is 0 Å². The van der Waals surface area contributed by atoms with Gasteiger partial charge in [0.2, 0.25) is 0 Å². The van der Waals surface area contributed by atoms with Crippen molar-refractivity contribution >= 4 is 11.6 Å². The number of likely N-dealkylation sites (N-methyl/N-ethyl adjacent to an activating group) is 1. The number of aliphatic hydroxyl groups excluding tert-OH is 1. The highest BCUT2D eigenvalue weighted by molar-refractivity contribution is 6.30. The zero-order valence-corrected chi connectivity index (χ0v) is 12.6. The van der Waals surface area contributed by atoms with Crippen molar-refractivity contribution in [2.75, 3.05) is 20.6 Å². The zero-order chi connectivity index (χ0) is 14.5. The average molecular weight is 290 g/mol. The molecule has 0 fully saturated rings. The number of rotatable bonds is 5. The molecule has 0 bridgehead atoms. The van der Waals surface area contributed by atoms with Gasteiger partial charge >= 0.3 is 0 Å². The zero-order valence-electron chi connectivity index (χ0n) is 11.8. The molecular formula is C17H20ClNO. The second-order valence-electron chi connectivity index (χ2n) is 5.27. The number of hydrogen-bond donors (Lipinski definition) is 1. The van der Waals surface area contributed by atoms with Gasteiger partial charge in [-0.05, 0) is 37.4 Å². The third-order valence-electron chi connectivity index (χ3n) is 3.30. The SMILES string of the molecule is CN(C)C[C@@H](O)[C@H](c1ccccc1)c1cccc(Cl)c1. The monoisotopic (exact) mass is 289 g/mol. The van der Waals surface area contributed by atoms with Gasteiger partial charge in [0.25, 0.3) is 0 Å². The van der Waals surface area contributed by atoms with Crippen LogP contribution in [-0.4, -0.2) is 36.8 Å². The quantitative estimate of drug-likeness (QED) is 0.912. The van der Waals surface area contributed by atoms with Crippen LogP contribution in [0.1, 0.15) is 17.0 Å². The summed E-state index contributed by atoms with van der Waals surface area (Å²) in [6.07, 6.45) is -0.481. The standard InChI is InChI=1S/C17H20ClNO/c1-19(2)12-16(20)17(13-7-4-3-5-8-13)14-9-6-10-15(18)11-14/h3-11,16-17,20H,12H2,1-2H3/t16-,17-/m1/s1. The van der Waals surface area contributed by atoms with E-state index < -0.39 is 6.10 Å². The second kappa shape index (κ2) is 6.89. The van der Waals surface area contributed by atoms with Gasteiger partial charge in [-0.25, -0.2) is 0 Å². The van der Waals surface area contributed by atoms with Crippen molar-refractivity contribution in [1.29, 1.82) is 0 Å². The molecule has 0 aliphatic heterocycles. The fourth-order valence-electron chi connectivity index (χ4n) is 2.48. The first kappa shape index (κ1) is 15.0. The highest BCUT2D eigenvalue weighted by Gasteiger charge is 2.23. The highest BCUT2D eigenvalue weighted by Crippen LogP contribution is 2.30. The fraction of sp³-hybridized carbons (Fsp3) is 0.294. The lowest BCUT2D eigenvalue weighted by molar-refractivity contribution is 0.121. The Morgan fingerprint density at radius 1 is 1.00 bits per heavy atom. The summed E-state index contributed by atoms with van der Waals surface area (Å²) in [6.45, 7) is 0.603. The molecule has 3 heteroatoms. The lowest BCUT2D eigenvalue weighted by atomic mass is 9.86. The van der Waals surface area contributed by atoms with Crippen LogP contribution in [0.25, 0.3) is 0 Å². The molecule has 0 aliphatic carbocycles. The van der Waals surface area contributed by atoms with Crippen molar-refractivity contribution in [3.05, 3.63) is 70.7 Å². The minimum absolute atomic E-state index is 0.0719. The van der Waals surface area contributed by atoms with Crippen LogP contribution in [-0.2, 0) is 0 Å². The van der Waals surface area contributed by atoms with Gasteiger partial charge in [0.1, 0.15) is 0 Å². The first-order valence-electron chi connectivity index (χ1n) is 6.71. The van der Waals surface area contributed by atoms with Crippen LogP contribution < -0.4 is 0 Å². The minimum atomic E-state index is -0.481. The molecule has 2 rings (SSSR count). The Bertz CT molecular complexity index is 542. The van der Waals surface area contributed by atoms with Crippen LogP contribution >= 0.6 is 11.6 Å². The van der Waals surface area contributed by atoms with Gasteiger partial charge in [0, 0.05) is 17.5 Å². The Kier molecular flexibility index (Phi) is 5.18. The van der Waals surface area contributed by atoms with E-state index in [2.05, 4.69) is 0 Å². The predicted octanol–water partition coefficient (Wildman–Crippen LogP) is 3.39. The summed E-state index contributed by atoms with van der Waals surface area (Å²) >= 11 is 6.09. The molecule has 2 aromatic carbocycles. The number of halogens is 1. The van der Waals surface area contributed by atoms with E-state index in [1.54, 1.807) is 0 Å². The first-order valence-corrected chi connectivity index (χ1v) is 7.09. The molecule has 106 valence electrons. The molecule has 0 saturated carbocycles. The van der Waals surface area contributed by atoms with Gasteiger partial charge in [0.05, 0.1) is 6.10 Å². The van der Waals surface area contributed by atoms with Crippen LogP contribution in [0.3, 0.4) is 0 Å². The predicted molar refractivity (Wildman–Crippen MR) is 84.3 cm³/mol. The molecule has 2 atom stereocenters. The Hall–Kier alpha value is -1.35. The van der Waals surface area contributed by atoms with Crippen molar-refractivity contribution in [3.63, 3.8) is 0 Å². The number of hydrogen-bond acceptors (Lipinski definition) is 2. The van der Waals surface area contributed by atoms with Crippen molar-refractivity contribution in [2.24, 2.45) is 0 Å². The molecule has 0 aliphatic rings. The average Bonchev–Trinajstić information content (AvgIpc) is 2.39. The topological polar surface area (TPSA) is 23.5 Å². The lowest BCUT2D eigenvalue weighted by Crippen LogP contribution is -2.31. The van der Waals surface area contributed by atoms with Crippen molar-refractivity contribution in [2.45, 2.75) is 12.0 Å². The molecule has 0 spiro atoms. The van der Waals surface area contributed by atoms with E-state index in [1.165, 1.54) is 0 Å². The largest absolute Gasteiger partial charge is 0.391 e. The second-order valence-corrected chi connectivity index (χ2v) is 5.71. The van der Waals surface area contributed by atoms with Crippen LogP contribution in [0.15, 0.2) is 54.6 Å². The van der Waals surface area contributed by atoms with Gasteiger partial charge in [0.15, 0.2) is 0 Å². The Labute approximate surface area is 125 Å². The molecule has 2 nitrogen and oxygen atoms in total. The maximum atomic E-state index is 10.6. The summed E-state index contributed by atoms with van der Waals surface area (Å²) in [5.74, 6) is -0.0719. The first-order chi connectivity index (χ1) is 9.58. The molecule has 0 unspecified atom stereocenters. The summed E-state index contributed by atoms with van der Waals surface area (Å²) in [6, 6.07) is 17.8. The number of nitrogens with zero attached hydrogens (tertiary/aromatic N) is 1. The summed E-state index contributed by atoms with van der Waals surface area (Å²) in [5, 5.41) is 11.3. The normalized spacial score (nSPS) is 14.2. The lowest BCUT2D eigenvalue weighted by Gasteiger charge is -2.26. The van der Waals surface area contributed by atoms with Crippen LogP contribution in [0.5, 0.6) is 0 Å². The summed E-state index contributed by atoms with van der Waals surface area (Å²) in [5.41, 5.74) is 2.14. The molecule has 0 amide bonds. The van der Waals surface area contributed by atoms with E-state index >= 15 is 0 Å². The summed E-state index contributed by atoms with van der Waals surface area (Å²) < 4.78 is 0. The molecular weight excluding hydrogens is 270 g/mol. The molecule has 20 heavy (non-hydrogen) atoms. The van der Waals surface area contributed by atoms with Crippen molar-refractivity contribution in [3.8, 4) is 0 Å². The van der Waals surface area contributed by atoms with Gasteiger partial charge in [-0.15, -0.1) is 0 Å². The van der Waals surface area contributed by atoms with Gasteiger partial charge in [-0.3, -0.25) is 0 Å². The Morgan fingerprint density at radius 3 is 2.25 bits per heavy atom. The Morgan fingerprint density at radius 2 is 1.65 bits per heavy atom. The van der Waals surface area contributed by atoms with E-state index in [-0.39, 0.29) is 5.92 Å². The van der Waals surface area contributed by atoms with Crippen LogP contribution in [0.4, 0.5) is 0 Å². The van der Waals surface area contributed by atoms with E-state index in [4.69, 9.17) is 11.6 Å². The fourth-order valence-corrected chi connectivity index (χ4v) is 2.68. The maximum absolute atomic E-state index is 10.6. The summed E-state index contributed by atoms with van der Waals surface area (Å²) in [7, 11) is 3.92. The van der Waals surface area contributed by atoms with Crippen molar-refractivity contribution in [1.82, 2.24) is 4.90 Å². The number of benzene rings is 2. The molecule has 2 aromatic rings. The van der Waals surface area contributed by atoms with E-state index in [9.17, 15) is 5.11 Å². The van der Waals surface area contributed by atoms with E-state index in [1.807, 2.05) is 73.6 Å². The van der Waals surface area contributed by atoms with E-state index in [0.717, 1.165) is 11.1 Å². The molecule has 0 heterocycles. The Balaban J connectivity index is 2.39. The summed E-state index contributed by atoms with van der Waals surface area (Å²) in [4.78, 5) is 1.99. The maximum Gasteiger partial charge on any atom is 0.0775 e. The highest BCUT2D eigenvalue weighted by atomic mass is 35.5. The smallest absolute Gasteiger partial charge is 0.0775 e. The molecule has 1 N–H and O–H groups in total. The molecule has 0 saturated heterocycles. The van der Waals surface area contributed by atoms with Gasteiger partial charge < -0.3 is 10.0 Å². The van der Waals surface area contributed by atoms with Crippen LogP contribution in [0, 0.1) is 0 Å².